The van der Waals surface area contributed by atoms with Gasteiger partial charge in [-0.05, 0) is 12.2 Å². The molecule has 82 valence electrons. The highest BCUT2D eigenvalue weighted by molar-refractivity contribution is 7.71. The molecular weight excluding hydrogens is 228 g/mol. The van der Waals surface area contributed by atoms with Crippen LogP contribution in [0.1, 0.15) is 0 Å². The van der Waals surface area contributed by atoms with E-state index in [-0.39, 0.29) is 16.3 Å². The first kappa shape index (κ1) is 10.5. The number of aromatic nitrogens is 4. The molecule has 0 aliphatic heterocycles. The predicted octanol–water partition coefficient (Wildman–Crippen LogP) is 0.694. The average Bonchev–Trinajstić information content (AvgIpc) is 2.29. The van der Waals surface area contributed by atoms with Gasteiger partial charge in [0, 0.05) is 24.5 Å². The lowest BCUT2D eigenvalue weighted by atomic mass is 10.5. The summed E-state index contributed by atoms with van der Waals surface area (Å²) in [6.45, 7) is 0. The van der Waals surface area contributed by atoms with Gasteiger partial charge >= 0.3 is 6.01 Å². The normalized spacial score (nSPS) is 10.1. The van der Waals surface area contributed by atoms with E-state index in [9.17, 15) is 4.79 Å². The third kappa shape index (κ3) is 1.98. The molecule has 0 bridgehead atoms. The number of nitrogens with one attached hydrogen (secondary N) is 1. The molecule has 0 aromatic carbocycles. The summed E-state index contributed by atoms with van der Waals surface area (Å²) in [7, 11) is 1.48. The predicted molar refractivity (Wildman–Crippen MR) is 59.4 cm³/mol. The SMILES string of the molecule is COc1nccc(-n2ccc(=O)[nH]c2=S)n1. The van der Waals surface area contributed by atoms with Gasteiger partial charge < -0.3 is 4.74 Å². The van der Waals surface area contributed by atoms with Crippen molar-refractivity contribution in [2.45, 2.75) is 0 Å². The molecule has 0 spiro atoms. The number of methoxy groups -OCH3 is 1. The van der Waals surface area contributed by atoms with E-state index >= 15 is 0 Å². The van der Waals surface area contributed by atoms with Gasteiger partial charge in [-0.25, -0.2) is 4.98 Å². The Morgan fingerprint density at radius 1 is 1.50 bits per heavy atom. The van der Waals surface area contributed by atoms with Gasteiger partial charge in [0.05, 0.1) is 7.11 Å². The topological polar surface area (TPSA) is 72.8 Å². The number of nitrogens with zero attached hydrogens (tertiary/aromatic N) is 3. The maximum atomic E-state index is 11.0. The average molecular weight is 236 g/mol. The molecule has 2 aromatic rings. The van der Waals surface area contributed by atoms with Gasteiger partial charge in [0.2, 0.25) is 0 Å². The minimum atomic E-state index is -0.248. The molecule has 1 N–H and O–H groups in total. The van der Waals surface area contributed by atoms with Crippen molar-refractivity contribution in [3.8, 4) is 11.8 Å². The standard InChI is InChI=1S/C9H8N4O2S/c1-15-8-10-4-2-6(11-8)13-5-3-7(14)12-9(13)16/h2-5H,1H3,(H,12,14,16). The first-order valence-corrected chi connectivity index (χ1v) is 4.81. The Kier molecular flexibility index (Phi) is 2.78. The summed E-state index contributed by atoms with van der Waals surface area (Å²) in [4.78, 5) is 21.5. The zero-order valence-electron chi connectivity index (χ0n) is 8.38. The summed E-state index contributed by atoms with van der Waals surface area (Å²) < 4.78 is 6.73. The first-order chi connectivity index (χ1) is 7.70. The zero-order valence-corrected chi connectivity index (χ0v) is 9.19. The van der Waals surface area contributed by atoms with Gasteiger partial charge in [0.15, 0.2) is 4.77 Å². The Labute approximate surface area is 95.6 Å². The van der Waals surface area contributed by atoms with Crippen LogP contribution in [0.4, 0.5) is 0 Å². The molecule has 0 saturated carbocycles. The molecule has 6 nitrogen and oxygen atoms in total. The number of hydrogen-bond donors (Lipinski definition) is 1. The molecule has 2 rings (SSSR count). The van der Waals surface area contributed by atoms with Gasteiger partial charge in [-0.1, -0.05) is 0 Å². The summed E-state index contributed by atoms with van der Waals surface area (Å²) in [5, 5.41) is 0. The summed E-state index contributed by atoms with van der Waals surface area (Å²) >= 11 is 5.01. The molecule has 0 radical (unpaired) electrons. The Morgan fingerprint density at radius 3 is 3.00 bits per heavy atom. The van der Waals surface area contributed by atoms with Crippen LogP contribution >= 0.6 is 12.2 Å². The second-order valence-corrected chi connectivity index (χ2v) is 3.27. The van der Waals surface area contributed by atoms with Crippen molar-refractivity contribution in [1.29, 1.82) is 0 Å². The van der Waals surface area contributed by atoms with Crippen LogP contribution in [-0.4, -0.2) is 26.6 Å². The maximum Gasteiger partial charge on any atom is 0.318 e. The highest BCUT2D eigenvalue weighted by Gasteiger charge is 2.01. The van der Waals surface area contributed by atoms with Crippen molar-refractivity contribution in [3.05, 3.63) is 39.7 Å². The second kappa shape index (κ2) is 4.23. The lowest BCUT2D eigenvalue weighted by Gasteiger charge is -2.05. The van der Waals surface area contributed by atoms with Crippen LogP contribution in [0.3, 0.4) is 0 Å². The highest BCUT2D eigenvalue weighted by Crippen LogP contribution is 2.06. The summed E-state index contributed by atoms with van der Waals surface area (Å²) in [5.41, 5.74) is -0.248. The Balaban J connectivity index is 2.58. The van der Waals surface area contributed by atoms with Crippen molar-refractivity contribution in [3.63, 3.8) is 0 Å². The third-order valence-corrected chi connectivity index (χ3v) is 2.17. The van der Waals surface area contributed by atoms with E-state index in [0.717, 1.165) is 0 Å². The van der Waals surface area contributed by atoms with Gasteiger partial charge in [0.1, 0.15) is 5.82 Å². The monoisotopic (exact) mass is 236 g/mol. The van der Waals surface area contributed by atoms with Crippen LogP contribution in [-0.2, 0) is 0 Å². The molecular formula is C9H8N4O2S. The van der Waals surface area contributed by atoms with Crippen molar-refractivity contribution >= 4 is 12.2 Å². The fourth-order valence-electron chi connectivity index (χ4n) is 1.16. The minimum Gasteiger partial charge on any atom is -0.467 e. The molecule has 0 fully saturated rings. The molecule has 0 saturated heterocycles. The van der Waals surface area contributed by atoms with Crippen LogP contribution in [0.15, 0.2) is 29.3 Å². The van der Waals surface area contributed by atoms with Gasteiger partial charge in [-0.2, -0.15) is 4.98 Å². The summed E-state index contributed by atoms with van der Waals surface area (Å²) in [5.74, 6) is 0.535. The molecule has 0 aliphatic carbocycles. The van der Waals surface area contributed by atoms with Crippen LogP contribution in [0, 0.1) is 4.77 Å². The highest BCUT2D eigenvalue weighted by atomic mass is 32.1. The van der Waals surface area contributed by atoms with E-state index in [1.54, 1.807) is 23.0 Å². The van der Waals surface area contributed by atoms with Gasteiger partial charge in [0.25, 0.3) is 5.56 Å². The minimum absolute atomic E-state index is 0.241. The van der Waals surface area contributed by atoms with E-state index in [1.807, 2.05) is 0 Å². The molecule has 16 heavy (non-hydrogen) atoms. The fraction of sp³-hybridized carbons (Fsp3) is 0.111. The Morgan fingerprint density at radius 2 is 2.31 bits per heavy atom. The number of rotatable bonds is 2. The molecule has 0 aliphatic rings. The number of ether oxygens (including phenoxy) is 1. The maximum absolute atomic E-state index is 11.0. The van der Waals surface area contributed by atoms with Crippen molar-refractivity contribution in [1.82, 2.24) is 19.5 Å². The quantitative estimate of drug-likeness (QED) is 0.777. The number of hydrogen-bond acceptors (Lipinski definition) is 5. The van der Waals surface area contributed by atoms with Crippen LogP contribution in [0.5, 0.6) is 6.01 Å². The first-order valence-electron chi connectivity index (χ1n) is 4.40. The summed E-state index contributed by atoms with van der Waals surface area (Å²) in [6, 6.07) is 3.27. The fourth-order valence-corrected chi connectivity index (χ4v) is 1.42. The Bertz CT molecular complexity index is 619. The molecule has 0 unspecified atom stereocenters. The van der Waals surface area contributed by atoms with Crippen molar-refractivity contribution in [2.24, 2.45) is 0 Å². The lowest BCUT2D eigenvalue weighted by Crippen LogP contribution is -2.11. The van der Waals surface area contributed by atoms with E-state index in [2.05, 4.69) is 15.0 Å². The van der Waals surface area contributed by atoms with Crippen molar-refractivity contribution < 1.29 is 4.74 Å². The van der Waals surface area contributed by atoms with Crippen LogP contribution < -0.4 is 10.3 Å². The van der Waals surface area contributed by atoms with E-state index in [0.29, 0.717) is 5.82 Å². The molecule has 2 aromatic heterocycles. The van der Waals surface area contributed by atoms with Crippen molar-refractivity contribution in [2.75, 3.05) is 7.11 Å². The van der Waals surface area contributed by atoms with Crippen LogP contribution in [0.25, 0.3) is 5.82 Å². The molecule has 0 atom stereocenters. The Hall–Kier alpha value is -2.02. The van der Waals surface area contributed by atoms with E-state index in [4.69, 9.17) is 17.0 Å². The van der Waals surface area contributed by atoms with Gasteiger partial charge in [-0.3, -0.25) is 14.3 Å². The summed E-state index contributed by atoms with van der Waals surface area (Å²) in [6.07, 6.45) is 3.09. The zero-order chi connectivity index (χ0) is 11.5. The van der Waals surface area contributed by atoms with Gasteiger partial charge in [-0.15, -0.1) is 0 Å². The largest absolute Gasteiger partial charge is 0.467 e. The lowest BCUT2D eigenvalue weighted by molar-refractivity contribution is 0.379. The van der Waals surface area contributed by atoms with Crippen LogP contribution in [0.2, 0.25) is 0 Å². The van der Waals surface area contributed by atoms with E-state index < -0.39 is 0 Å². The third-order valence-electron chi connectivity index (χ3n) is 1.87. The molecule has 0 amide bonds. The smallest absolute Gasteiger partial charge is 0.318 e. The number of H-pyrrole nitrogens is 1. The molecule has 7 heteroatoms. The second-order valence-electron chi connectivity index (χ2n) is 2.88. The molecule has 2 heterocycles. The number of aromatic amines is 1. The van der Waals surface area contributed by atoms with E-state index in [1.165, 1.54) is 13.2 Å².